The minimum absolute atomic E-state index is 0.0688. The topological polar surface area (TPSA) is 103 Å². The Bertz CT molecular complexity index is 547. The Morgan fingerprint density at radius 1 is 1.41 bits per heavy atom. The van der Waals surface area contributed by atoms with E-state index in [2.05, 4.69) is 31.2 Å². The number of hydrazone groups is 1. The van der Waals surface area contributed by atoms with E-state index < -0.39 is 0 Å². The minimum Gasteiger partial charge on any atom is -0.277 e. The Hall–Kier alpha value is -2.75. The highest BCUT2D eigenvalue weighted by molar-refractivity contribution is 6.09. The molecule has 84 valence electrons. The summed E-state index contributed by atoms with van der Waals surface area (Å²) in [6.07, 6.45) is 0. The summed E-state index contributed by atoms with van der Waals surface area (Å²) in [5, 5.41) is 25.8. The number of anilines is 1. The summed E-state index contributed by atoms with van der Waals surface area (Å²) in [6, 6.07) is 9.50. The van der Waals surface area contributed by atoms with Gasteiger partial charge in [-0.3, -0.25) is 5.43 Å². The molecule has 1 heterocycles. The number of aromatic nitrogens is 4. The second kappa shape index (κ2) is 4.85. The van der Waals surface area contributed by atoms with E-state index in [1.807, 2.05) is 37.3 Å². The van der Waals surface area contributed by atoms with Crippen molar-refractivity contribution in [2.45, 2.75) is 6.92 Å². The van der Waals surface area contributed by atoms with Crippen LogP contribution in [-0.2, 0) is 0 Å². The highest BCUT2D eigenvalue weighted by Crippen LogP contribution is 2.08. The maximum absolute atomic E-state index is 8.88. The molecule has 2 rings (SSSR count). The van der Waals surface area contributed by atoms with Gasteiger partial charge in [0, 0.05) is 0 Å². The van der Waals surface area contributed by atoms with E-state index in [9.17, 15) is 0 Å². The van der Waals surface area contributed by atoms with E-state index in [1.54, 1.807) is 0 Å². The first-order valence-electron chi connectivity index (χ1n) is 4.84. The van der Waals surface area contributed by atoms with Crippen molar-refractivity contribution in [1.29, 1.82) is 5.26 Å². The molecule has 0 atom stereocenters. The summed E-state index contributed by atoms with van der Waals surface area (Å²) in [7, 11) is 0. The smallest absolute Gasteiger partial charge is 0.235 e. The standard InChI is InChI=1S/C10H9N7/c1-7-2-4-8(5-3-7)12-13-9(6-11)10-14-16-17-15-10/h2-5,12H,1H3,(H,14,15,16,17)/b13-9-. The third-order valence-corrected chi connectivity index (χ3v) is 2.01. The van der Waals surface area contributed by atoms with E-state index in [4.69, 9.17) is 5.26 Å². The number of aryl methyl sites for hydroxylation is 1. The predicted octanol–water partition coefficient (Wildman–Crippen LogP) is 0.848. The van der Waals surface area contributed by atoms with E-state index in [-0.39, 0.29) is 11.5 Å². The fourth-order valence-electron chi connectivity index (χ4n) is 1.14. The average molecular weight is 227 g/mol. The first-order valence-corrected chi connectivity index (χ1v) is 4.84. The van der Waals surface area contributed by atoms with Crippen molar-refractivity contribution in [3.8, 4) is 6.07 Å². The van der Waals surface area contributed by atoms with Crippen molar-refractivity contribution in [2.75, 3.05) is 5.43 Å². The van der Waals surface area contributed by atoms with Crippen molar-refractivity contribution in [3.63, 3.8) is 0 Å². The molecule has 0 unspecified atom stereocenters. The van der Waals surface area contributed by atoms with Crippen molar-refractivity contribution >= 4 is 11.4 Å². The van der Waals surface area contributed by atoms with Gasteiger partial charge in [-0.2, -0.15) is 15.6 Å². The highest BCUT2D eigenvalue weighted by Gasteiger charge is 2.07. The zero-order chi connectivity index (χ0) is 12.1. The molecule has 1 aromatic carbocycles. The van der Waals surface area contributed by atoms with E-state index in [1.165, 1.54) is 0 Å². The van der Waals surface area contributed by atoms with Gasteiger partial charge in [-0.15, -0.1) is 10.2 Å². The maximum Gasteiger partial charge on any atom is 0.235 e. The van der Waals surface area contributed by atoms with Gasteiger partial charge in [0.05, 0.1) is 5.69 Å². The molecule has 2 aromatic rings. The Morgan fingerprint density at radius 2 is 2.18 bits per heavy atom. The largest absolute Gasteiger partial charge is 0.277 e. The summed E-state index contributed by atoms with van der Waals surface area (Å²) in [4.78, 5) is 0. The molecule has 0 radical (unpaired) electrons. The Morgan fingerprint density at radius 3 is 2.76 bits per heavy atom. The second-order valence-corrected chi connectivity index (χ2v) is 3.29. The molecule has 17 heavy (non-hydrogen) atoms. The molecule has 0 aliphatic heterocycles. The van der Waals surface area contributed by atoms with Gasteiger partial charge >= 0.3 is 0 Å². The van der Waals surface area contributed by atoms with Crippen molar-refractivity contribution in [2.24, 2.45) is 5.10 Å². The SMILES string of the molecule is Cc1ccc(N/N=C(/C#N)c2nn[nH]n2)cc1. The number of nitrogens with zero attached hydrogens (tertiary/aromatic N) is 5. The summed E-state index contributed by atoms with van der Waals surface area (Å²) in [5.74, 6) is 0.159. The van der Waals surface area contributed by atoms with Gasteiger partial charge in [-0.05, 0) is 24.3 Å². The molecule has 0 fully saturated rings. The number of hydrogen-bond acceptors (Lipinski definition) is 6. The first-order chi connectivity index (χ1) is 8.29. The number of nitriles is 1. The van der Waals surface area contributed by atoms with Crippen LogP contribution in [0.25, 0.3) is 0 Å². The predicted molar refractivity (Wildman–Crippen MR) is 61.1 cm³/mol. The van der Waals surface area contributed by atoms with Crippen molar-refractivity contribution in [3.05, 3.63) is 35.7 Å². The van der Waals surface area contributed by atoms with Gasteiger partial charge < -0.3 is 0 Å². The Balaban J connectivity index is 2.14. The first kappa shape index (κ1) is 10.8. The third-order valence-electron chi connectivity index (χ3n) is 2.01. The summed E-state index contributed by atoms with van der Waals surface area (Å²) >= 11 is 0. The van der Waals surface area contributed by atoms with E-state index in [0.29, 0.717) is 0 Å². The fourth-order valence-corrected chi connectivity index (χ4v) is 1.14. The lowest BCUT2D eigenvalue weighted by Crippen LogP contribution is -2.04. The van der Waals surface area contributed by atoms with Crippen LogP contribution >= 0.6 is 0 Å². The summed E-state index contributed by atoms with van der Waals surface area (Å²) in [5.41, 5.74) is 4.76. The monoisotopic (exact) mass is 227 g/mol. The van der Waals surface area contributed by atoms with Crippen LogP contribution in [0.5, 0.6) is 0 Å². The van der Waals surface area contributed by atoms with Crippen LogP contribution in [0, 0.1) is 18.3 Å². The summed E-state index contributed by atoms with van der Waals surface area (Å²) in [6.45, 7) is 1.99. The highest BCUT2D eigenvalue weighted by atomic mass is 15.5. The number of nitrogens with one attached hydrogen (secondary N) is 2. The van der Waals surface area contributed by atoms with Crippen molar-refractivity contribution < 1.29 is 0 Å². The lowest BCUT2D eigenvalue weighted by molar-refractivity contribution is 0.881. The molecule has 0 amide bonds. The normalized spacial score (nSPS) is 10.9. The Kier molecular flexibility index (Phi) is 3.07. The molecule has 2 N–H and O–H groups in total. The number of benzene rings is 1. The molecule has 0 spiro atoms. The number of hydrogen-bond donors (Lipinski definition) is 2. The van der Waals surface area contributed by atoms with Crippen LogP contribution in [0.15, 0.2) is 29.4 Å². The van der Waals surface area contributed by atoms with Gasteiger partial charge in [0.25, 0.3) is 0 Å². The average Bonchev–Trinajstić information content (AvgIpc) is 2.86. The maximum atomic E-state index is 8.88. The fraction of sp³-hybridized carbons (Fsp3) is 0.100. The van der Waals surface area contributed by atoms with Crippen LogP contribution < -0.4 is 5.43 Å². The molecular weight excluding hydrogens is 218 g/mol. The van der Waals surface area contributed by atoms with Crippen LogP contribution in [0.1, 0.15) is 11.4 Å². The second-order valence-electron chi connectivity index (χ2n) is 3.29. The van der Waals surface area contributed by atoms with Gasteiger partial charge in [0.2, 0.25) is 11.5 Å². The molecule has 0 saturated carbocycles. The molecular formula is C10H9N7. The van der Waals surface area contributed by atoms with Crippen molar-refractivity contribution in [1.82, 2.24) is 20.6 Å². The van der Waals surface area contributed by atoms with Gasteiger partial charge in [-0.25, -0.2) is 0 Å². The minimum atomic E-state index is 0.0688. The Labute approximate surface area is 97.2 Å². The quantitative estimate of drug-likeness (QED) is 0.597. The molecule has 0 saturated heterocycles. The third kappa shape index (κ3) is 2.63. The van der Waals surface area contributed by atoms with Gasteiger partial charge in [0.15, 0.2) is 0 Å². The number of tetrazole rings is 1. The molecule has 0 aliphatic carbocycles. The van der Waals surface area contributed by atoms with Gasteiger partial charge in [0.1, 0.15) is 6.07 Å². The van der Waals surface area contributed by atoms with Crippen LogP contribution in [0.3, 0.4) is 0 Å². The lowest BCUT2D eigenvalue weighted by Gasteiger charge is -2.00. The summed E-state index contributed by atoms with van der Waals surface area (Å²) < 4.78 is 0. The number of aromatic amines is 1. The molecule has 1 aromatic heterocycles. The zero-order valence-electron chi connectivity index (χ0n) is 9.05. The molecule has 7 nitrogen and oxygen atoms in total. The zero-order valence-corrected chi connectivity index (χ0v) is 9.05. The van der Waals surface area contributed by atoms with Gasteiger partial charge in [-0.1, -0.05) is 17.7 Å². The number of rotatable bonds is 3. The molecule has 7 heteroatoms. The number of H-pyrrole nitrogens is 1. The molecule has 0 aliphatic rings. The van der Waals surface area contributed by atoms with Crippen LogP contribution in [0.2, 0.25) is 0 Å². The van der Waals surface area contributed by atoms with E-state index in [0.717, 1.165) is 11.3 Å². The lowest BCUT2D eigenvalue weighted by atomic mass is 10.2. The molecule has 0 bridgehead atoms. The van der Waals surface area contributed by atoms with E-state index >= 15 is 0 Å². The van der Waals surface area contributed by atoms with Crippen LogP contribution in [-0.4, -0.2) is 26.3 Å². The van der Waals surface area contributed by atoms with Crippen LogP contribution in [0.4, 0.5) is 5.69 Å².